The van der Waals surface area contributed by atoms with Crippen LogP contribution in [0.25, 0.3) is 0 Å². The van der Waals surface area contributed by atoms with E-state index in [2.05, 4.69) is 0 Å². The van der Waals surface area contributed by atoms with Gasteiger partial charge in [-0.3, -0.25) is 4.79 Å². The fourth-order valence-electron chi connectivity index (χ4n) is 1.88. The molecule has 0 radical (unpaired) electrons. The molecule has 1 aromatic heterocycles. The van der Waals surface area contributed by atoms with Gasteiger partial charge < -0.3 is 15.4 Å². The van der Waals surface area contributed by atoms with E-state index in [-0.39, 0.29) is 11.5 Å². The van der Waals surface area contributed by atoms with Gasteiger partial charge in [-0.1, -0.05) is 0 Å². The zero-order chi connectivity index (χ0) is 14.2. The molecule has 0 spiro atoms. The van der Waals surface area contributed by atoms with Crippen LogP contribution in [0.3, 0.4) is 0 Å². The van der Waals surface area contributed by atoms with Gasteiger partial charge in [-0.2, -0.15) is 0 Å². The molecule has 1 aromatic carbocycles. The van der Waals surface area contributed by atoms with Crippen molar-refractivity contribution in [3.05, 3.63) is 52.8 Å². The number of aromatic nitrogens is 1. The second-order valence-electron chi connectivity index (χ2n) is 4.43. The van der Waals surface area contributed by atoms with E-state index in [0.29, 0.717) is 16.8 Å². The van der Waals surface area contributed by atoms with Crippen molar-refractivity contribution in [2.24, 2.45) is 7.05 Å². The highest BCUT2D eigenvalue weighted by Gasteiger charge is 2.16. The lowest BCUT2D eigenvalue weighted by Crippen LogP contribution is -2.02. The van der Waals surface area contributed by atoms with Gasteiger partial charge in [0.15, 0.2) is 5.78 Å². The predicted molar refractivity (Wildman–Crippen MR) is 71.4 cm³/mol. The fraction of sp³-hybridized carbons (Fsp3) is 0.143. The first-order chi connectivity index (χ1) is 8.90. The predicted octanol–water partition coefficient (Wildman–Crippen LogP) is 1.84. The Balaban J connectivity index is 2.41. The topological polar surface area (TPSA) is 85.3 Å². The monoisotopic (exact) mass is 258 g/mol. The molecule has 0 unspecified atom stereocenters. The Hall–Kier alpha value is -2.56. The van der Waals surface area contributed by atoms with Crippen molar-refractivity contribution >= 4 is 17.4 Å². The van der Waals surface area contributed by atoms with Crippen LogP contribution in [0.2, 0.25) is 0 Å². The number of carbonyl (C=O) groups is 2. The molecule has 0 amide bonds. The minimum Gasteiger partial charge on any atom is -0.477 e. The van der Waals surface area contributed by atoms with E-state index >= 15 is 0 Å². The SMILES string of the molecule is Cc1cc(C(=O)c2cc(C(=O)O)n(C)c2)ccc1N. The largest absolute Gasteiger partial charge is 0.477 e. The molecule has 2 rings (SSSR count). The van der Waals surface area contributed by atoms with Gasteiger partial charge in [-0.05, 0) is 36.8 Å². The molecule has 0 saturated heterocycles. The Morgan fingerprint density at radius 2 is 1.89 bits per heavy atom. The average Bonchev–Trinajstić information content (AvgIpc) is 2.74. The maximum Gasteiger partial charge on any atom is 0.352 e. The van der Waals surface area contributed by atoms with Crippen LogP contribution >= 0.6 is 0 Å². The van der Waals surface area contributed by atoms with Crippen LogP contribution in [-0.2, 0) is 7.05 Å². The van der Waals surface area contributed by atoms with E-state index in [1.165, 1.54) is 16.8 Å². The maximum atomic E-state index is 12.3. The second kappa shape index (κ2) is 4.61. The van der Waals surface area contributed by atoms with Crippen molar-refractivity contribution < 1.29 is 14.7 Å². The number of carboxylic acid groups (broad SMARTS) is 1. The average molecular weight is 258 g/mol. The van der Waals surface area contributed by atoms with E-state index in [1.807, 2.05) is 6.92 Å². The fourth-order valence-corrected chi connectivity index (χ4v) is 1.88. The zero-order valence-electron chi connectivity index (χ0n) is 10.7. The highest BCUT2D eigenvalue weighted by molar-refractivity contribution is 6.10. The van der Waals surface area contributed by atoms with Crippen molar-refractivity contribution in [2.75, 3.05) is 5.73 Å². The van der Waals surface area contributed by atoms with Gasteiger partial charge in [0.1, 0.15) is 5.69 Å². The molecule has 0 fully saturated rings. The molecule has 2 aromatic rings. The summed E-state index contributed by atoms with van der Waals surface area (Å²) in [5.41, 5.74) is 8.07. The van der Waals surface area contributed by atoms with Crippen molar-refractivity contribution in [1.82, 2.24) is 4.57 Å². The molecule has 5 heteroatoms. The summed E-state index contributed by atoms with van der Waals surface area (Å²) in [6, 6.07) is 6.38. The van der Waals surface area contributed by atoms with E-state index < -0.39 is 5.97 Å². The van der Waals surface area contributed by atoms with E-state index in [0.717, 1.165) is 5.56 Å². The third-order valence-corrected chi connectivity index (χ3v) is 3.02. The lowest BCUT2D eigenvalue weighted by Gasteiger charge is -2.03. The summed E-state index contributed by atoms with van der Waals surface area (Å²) in [6.45, 7) is 1.82. The summed E-state index contributed by atoms with van der Waals surface area (Å²) >= 11 is 0. The van der Waals surface area contributed by atoms with Crippen molar-refractivity contribution in [2.45, 2.75) is 6.92 Å². The summed E-state index contributed by atoms with van der Waals surface area (Å²) < 4.78 is 1.42. The molecule has 0 bridgehead atoms. The molecule has 0 aliphatic heterocycles. The summed E-state index contributed by atoms with van der Waals surface area (Å²) in [4.78, 5) is 23.2. The number of nitrogens with two attached hydrogens (primary N) is 1. The van der Waals surface area contributed by atoms with Crippen LogP contribution in [0, 0.1) is 6.92 Å². The molecular formula is C14H14N2O3. The van der Waals surface area contributed by atoms with Gasteiger partial charge in [0.2, 0.25) is 0 Å². The summed E-state index contributed by atoms with van der Waals surface area (Å²) in [6.07, 6.45) is 1.51. The Kier molecular flexibility index (Phi) is 3.12. The number of carbonyl (C=O) groups excluding carboxylic acids is 1. The Morgan fingerprint density at radius 3 is 2.42 bits per heavy atom. The molecular weight excluding hydrogens is 244 g/mol. The first-order valence-corrected chi connectivity index (χ1v) is 5.70. The van der Waals surface area contributed by atoms with Crippen LogP contribution in [-0.4, -0.2) is 21.4 Å². The number of benzene rings is 1. The second-order valence-corrected chi connectivity index (χ2v) is 4.43. The molecule has 1 heterocycles. The number of ketones is 1. The number of rotatable bonds is 3. The van der Waals surface area contributed by atoms with Crippen LogP contribution < -0.4 is 5.73 Å². The van der Waals surface area contributed by atoms with Gasteiger partial charge in [0.25, 0.3) is 0 Å². The van der Waals surface area contributed by atoms with E-state index in [1.54, 1.807) is 25.2 Å². The lowest BCUT2D eigenvalue weighted by atomic mass is 10.0. The van der Waals surface area contributed by atoms with Crippen LogP contribution in [0.1, 0.15) is 32.0 Å². The number of aromatic carboxylic acids is 1. The molecule has 98 valence electrons. The van der Waals surface area contributed by atoms with Gasteiger partial charge in [0.05, 0.1) is 0 Å². The quantitative estimate of drug-likeness (QED) is 0.649. The number of carboxylic acids is 1. The molecule has 5 nitrogen and oxygen atoms in total. The van der Waals surface area contributed by atoms with Crippen LogP contribution in [0.4, 0.5) is 5.69 Å². The van der Waals surface area contributed by atoms with E-state index in [9.17, 15) is 9.59 Å². The molecule has 19 heavy (non-hydrogen) atoms. The number of nitrogens with zero attached hydrogens (tertiary/aromatic N) is 1. The number of nitrogen functional groups attached to an aromatic ring is 1. The number of anilines is 1. The number of aryl methyl sites for hydroxylation is 2. The summed E-state index contributed by atoms with van der Waals surface area (Å²) in [7, 11) is 1.59. The first-order valence-electron chi connectivity index (χ1n) is 5.70. The third-order valence-electron chi connectivity index (χ3n) is 3.02. The Morgan fingerprint density at radius 1 is 1.21 bits per heavy atom. The van der Waals surface area contributed by atoms with Gasteiger partial charge in [-0.25, -0.2) is 4.79 Å². The maximum absolute atomic E-state index is 12.3. The molecule has 0 atom stereocenters. The van der Waals surface area contributed by atoms with Crippen molar-refractivity contribution in [3.8, 4) is 0 Å². The zero-order valence-corrected chi connectivity index (χ0v) is 10.7. The molecule has 3 N–H and O–H groups in total. The lowest BCUT2D eigenvalue weighted by molar-refractivity contribution is 0.0686. The number of hydrogen-bond donors (Lipinski definition) is 2. The minimum absolute atomic E-state index is 0.0792. The molecule has 0 aliphatic carbocycles. The summed E-state index contributed by atoms with van der Waals surface area (Å²) in [5, 5.41) is 8.96. The smallest absolute Gasteiger partial charge is 0.352 e. The highest BCUT2D eigenvalue weighted by Crippen LogP contribution is 2.17. The molecule has 0 saturated carbocycles. The van der Waals surface area contributed by atoms with Gasteiger partial charge in [0, 0.05) is 30.1 Å². The van der Waals surface area contributed by atoms with Gasteiger partial charge >= 0.3 is 5.97 Å². The van der Waals surface area contributed by atoms with Crippen LogP contribution in [0.15, 0.2) is 30.5 Å². The van der Waals surface area contributed by atoms with Crippen molar-refractivity contribution in [1.29, 1.82) is 0 Å². The van der Waals surface area contributed by atoms with Crippen molar-refractivity contribution in [3.63, 3.8) is 0 Å². The van der Waals surface area contributed by atoms with Crippen LogP contribution in [0.5, 0.6) is 0 Å². The molecule has 0 aliphatic rings. The normalized spacial score (nSPS) is 10.4. The van der Waals surface area contributed by atoms with E-state index in [4.69, 9.17) is 10.8 Å². The third kappa shape index (κ3) is 2.35. The Bertz CT molecular complexity index is 671. The number of hydrogen-bond acceptors (Lipinski definition) is 3. The van der Waals surface area contributed by atoms with Gasteiger partial charge in [-0.15, -0.1) is 0 Å². The Labute approximate surface area is 110 Å². The standard InChI is InChI=1S/C14H14N2O3/c1-8-5-9(3-4-11(8)15)13(17)10-6-12(14(18)19)16(2)7-10/h3-7H,15H2,1-2H3,(H,18,19). The minimum atomic E-state index is -1.06. The highest BCUT2D eigenvalue weighted by atomic mass is 16.4. The first kappa shape index (κ1) is 12.9. The summed E-state index contributed by atoms with van der Waals surface area (Å²) in [5.74, 6) is -1.28.